The Morgan fingerprint density at radius 1 is 1.06 bits per heavy atom. The monoisotopic (exact) mass is 490 g/mol. The van der Waals surface area contributed by atoms with Crippen molar-refractivity contribution >= 4 is 17.6 Å². The van der Waals surface area contributed by atoms with Crippen molar-refractivity contribution in [1.82, 2.24) is 14.7 Å². The molecule has 0 spiro atoms. The van der Waals surface area contributed by atoms with Gasteiger partial charge in [0.2, 0.25) is 5.91 Å². The molecule has 1 aromatic heterocycles. The molecular weight excluding hydrogens is 452 g/mol. The van der Waals surface area contributed by atoms with Gasteiger partial charge in [-0.3, -0.25) is 9.59 Å². The summed E-state index contributed by atoms with van der Waals surface area (Å²) in [5.41, 5.74) is 4.40. The molecule has 2 amide bonds. The molecule has 0 radical (unpaired) electrons. The molecule has 3 rings (SSSR count). The zero-order chi connectivity index (χ0) is 26.3. The number of nitrogens with one attached hydrogen (secondary N) is 1. The predicted octanol–water partition coefficient (Wildman–Crippen LogP) is 5.16. The number of rotatable bonds is 10. The average molecular weight is 491 g/mol. The zero-order valence-corrected chi connectivity index (χ0v) is 22.3. The van der Waals surface area contributed by atoms with E-state index >= 15 is 0 Å². The number of carbonyl (C=O) groups excluding carboxylic acids is 2. The summed E-state index contributed by atoms with van der Waals surface area (Å²) < 4.78 is 6.91. The highest BCUT2D eigenvalue weighted by Crippen LogP contribution is 2.26. The van der Waals surface area contributed by atoms with Crippen molar-refractivity contribution in [2.45, 2.75) is 52.9 Å². The lowest BCUT2D eigenvalue weighted by atomic mass is 9.92. The van der Waals surface area contributed by atoms with Crippen molar-refractivity contribution in [2.24, 2.45) is 0 Å². The Balaban J connectivity index is 1.83. The van der Waals surface area contributed by atoms with Crippen LogP contribution < -0.4 is 5.32 Å². The Hall–Kier alpha value is -3.45. The molecule has 0 saturated carbocycles. The van der Waals surface area contributed by atoms with Crippen LogP contribution in [0.25, 0.3) is 5.69 Å². The standard InChI is InChI=1S/C29H38N4O3/c1-7-22-11-13-23(14-12-22)28(35)32(17-8-18-36-6)20-27(34)30-26-19-25(29(3,4)5)31-33(26)24-15-9-21(2)10-16-24/h9-16,19H,7-8,17-18,20H2,1-6H3,(H,30,34). The third kappa shape index (κ3) is 7.04. The molecule has 0 aliphatic carbocycles. The molecule has 0 unspecified atom stereocenters. The lowest BCUT2D eigenvalue weighted by Crippen LogP contribution is -2.39. The summed E-state index contributed by atoms with van der Waals surface area (Å²) in [7, 11) is 1.63. The quantitative estimate of drug-likeness (QED) is 0.399. The van der Waals surface area contributed by atoms with E-state index in [4.69, 9.17) is 9.84 Å². The third-order valence-electron chi connectivity index (χ3n) is 6.03. The van der Waals surface area contributed by atoms with Crippen LogP contribution in [0, 0.1) is 6.92 Å². The van der Waals surface area contributed by atoms with E-state index in [-0.39, 0.29) is 23.8 Å². The van der Waals surface area contributed by atoms with Crippen LogP contribution in [0.2, 0.25) is 0 Å². The fourth-order valence-electron chi connectivity index (χ4n) is 3.79. The number of benzene rings is 2. The maximum atomic E-state index is 13.3. The van der Waals surface area contributed by atoms with Gasteiger partial charge in [-0.25, -0.2) is 4.68 Å². The van der Waals surface area contributed by atoms with Gasteiger partial charge in [-0.1, -0.05) is 57.5 Å². The molecule has 2 aromatic carbocycles. The Morgan fingerprint density at radius 2 is 1.72 bits per heavy atom. The van der Waals surface area contributed by atoms with E-state index in [9.17, 15) is 9.59 Å². The molecule has 0 saturated heterocycles. The second-order valence-electron chi connectivity index (χ2n) is 10.1. The predicted molar refractivity (Wildman–Crippen MR) is 144 cm³/mol. The van der Waals surface area contributed by atoms with Crippen LogP contribution in [0.5, 0.6) is 0 Å². The largest absolute Gasteiger partial charge is 0.385 e. The van der Waals surface area contributed by atoms with Gasteiger partial charge < -0.3 is 15.0 Å². The smallest absolute Gasteiger partial charge is 0.254 e. The second kappa shape index (κ2) is 12.0. The van der Waals surface area contributed by atoms with Gasteiger partial charge in [0.05, 0.1) is 11.4 Å². The number of ether oxygens (including phenoxy) is 1. The first-order valence-corrected chi connectivity index (χ1v) is 12.5. The topological polar surface area (TPSA) is 76.5 Å². The molecule has 36 heavy (non-hydrogen) atoms. The third-order valence-corrected chi connectivity index (χ3v) is 6.03. The Kier molecular flexibility index (Phi) is 9.04. The fourth-order valence-corrected chi connectivity index (χ4v) is 3.79. The van der Waals surface area contributed by atoms with Gasteiger partial charge in [0.1, 0.15) is 12.4 Å². The summed E-state index contributed by atoms with van der Waals surface area (Å²) in [5, 5.41) is 7.78. The molecule has 0 aliphatic rings. The lowest BCUT2D eigenvalue weighted by molar-refractivity contribution is -0.117. The number of aryl methyl sites for hydroxylation is 2. The van der Waals surface area contributed by atoms with E-state index in [1.165, 1.54) is 0 Å². The van der Waals surface area contributed by atoms with Crippen LogP contribution in [0.4, 0.5) is 5.82 Å². The number of hydrogen-bond donors (Lipinski definition) is 1. The number of methoxy groups -OCH3 is 1. The highest BCUT2D eigenvalue weighted by Gasteiger charge is 2.23. The highest BCUT2D eigenvalue weighted by molar-refractivity contribution is 5.99. The molecule has 0 aliphatic heterocycles. The van der Waals surface area contributed by atoms with Crippen molar-refractivity contribution in [1.29, 1.82) is 0 Å². The number of hydrogen-bond acceptors (Lipinski definition) is 4. The molecule has 1 heterocycles. The maximum Gasteiger partial charge on any atom is 0.254 e. The van der Waals surface area contributed by atoms with Crippen molar-refractivity contribution < 1.29 is 14.3 Å². The molecule has 7 heteroatoms. The number of aromatic nitrogens is 2. The van der Waals surface area contributed by atoms with Gasteiger partial charge in [0, 0.05) is 37.3 Å². The first-order chi connectivity index (χ1) is 17.1. The Labute approximate surface area is 214 Å². The van der Waals surface area contributed by atoms with Crippen LogP contribution in [0.1, 0.15) is 61.3 Å². The summed E-state index contributed by atoms with van der Waals surface area (Å²) in [6.07, 6.45) is 1.54. The van der Waals surface area contributed by atoms with Crippen LogP contribution in [-0.2, 0) is 21.4 Å². The summed E-state index contributed by atoms with van der Waals surface area (Å²) in [5.74, 6) is 0.122. The highest BCUT2D eigenvalue weighted by atomic mass is 16.5. The summed E-state index contributed by atoms with van der Waals surface area (Å²) in [4.78, 5) is 28.1. The molecule has 0 atom stereocenters. The normalized spacial score (nSPS) is 11.4. The van der Waals surface area contributed by atoms with E-state index in [1.54, 1.807) is 16.7 Å². The Bertz CT molecular complexity index is 1160. The van der Waals surface area contributed by atoms with Gasteiger partial charge in [-0.2, -0.15) is 5.10 Å². The van der Waals surface area contributed by atoms with E-state index in [2.05, 4.69) is 33.0 Å². The maximum absolute atomic E-state index is 13.3. The minimum absolute atomic E-state index is 0.0675. The van der Waals surface area contributed by atoms with Crippen molar-refractivity contribution in [3.63, 3.8) is 0 Å². The second-order valence-corrected chi connectivity index (χ2v) is 10.1. The average Bonchev–Trinajstić information content (AvgIpc) is 3.28. The van der Waals surface area contributed by atoms with Crippen molar-refractivity contribution in [3.8, 4) is 5.69 Å². The SMILES string of the molecule is CCc1ccc(C(=O)N(CCCOC)CC(=O)Nc2cc(C(C)(C)C)nn2-c2ccc(C)cc2)cc1. The molecule has 192 valence electrons. The minimum Gasteiger partial charge on any atom is -0.385 e. The first-order valence-electron chi connectivity index (χ1n) is 12.5. The van der Waals surface area contributed by atoms with E-state index in [1.807, 2.05) is 61.5 Å². The minimum atomic E-state index is -0.278. The summed E-state index contributed by atoms with van der Waals surface area (Å²) >= 11 is 0. The van der Waals surface area contributed by atoms with E-state index in [0.29, 0.717) is 31.0 Å². The van der Waals surface area contributed by atoms with Crippen LogP contribution >= 0.6 is 0 Å². The molecular formula is C29H38N4O3. The van der Waals surface area contributed by atoms with Gasteiger partial charge in [-0.05, 0) is 49.6 Å². The number of carbonyl (C=O) groups is 2. The van der Waals surface area contributed by atoms with Crippen LogP contribution in [0.15, 0.2) is 54.6 Å². The molecule has 3 aromatic rings. The van der Waals surface area contributed by atoms with Crippen molar-refractivity contribution in [2.75, 3.05) is 32.1 Å². The number of nitrogens with zero attached hydrogens (tertiary/aromatic N) is 3. The molecule has 0 bridgehead atoms. The summed E-state index contributed by atoms with van der Waals surface area (Å²) in [6, 6.07) is 17.4. The van der Waals surface area contributed by atoms with Crippen molar-refractivity contribution in [3.05, 3.63) is 77.0 Å². The van der Waals surface area contributed by atoms with E-state index in [0.717, 1.165) is 28.9 Å². The van der Waals surface area contributed by atoms with Gasteiger partial charge >= 0.3 is 0 Å². The van der Waals surface area contributed by atoms with Gasteiger partial charge in [-0.15, -0.1) is 0 Å². The molecule has 0 fully saturated rings. The first kappa shape index (κ1) is 27.1. The molecule has 7 nitrogen and oxygen atoms in total. The zero-order valence-electron chi connectivity index (χ0n) is 22.3. The number of amides is 2. The van der Waals surface area contributed by atoms with E-state index < -0.39 is 0 Å². The molecule has 1 N–H and O–H groups in total. The van der Waals surface area contributed by atoms with Crippen LogP contribution in [0.3, 0.4) is 0 Å². The summed E-state index contributed by atoms with van der Waals surface area (Å²) in [6.45, 7) is 11.2. The Morgan fingerprint density at radius 3 is 2.31 bits per heavy atom. The van der Waals surface area contributed by atoms with Gasteiger partial charge in [0.25, 0.3) is 5.91 Å². The number of anilines is 1. The fraction of sp³-hybridized carbons (Fsp3) is 0.414. The van der Waals surface area contributed by atoms with Gasteiger partial charge in [0.15, 0.2) is 0 Å². The van der Waals surface area contributed by atoms with Crippen LogP contribution in [-0.4, -0.2) is 53.3 Å². The lowest BCUT2D eigenvalue weighted by Gasteiger charge is -2.22.